The normalized spacial score (nSPS) is 19.7. The highest BCUT2D eigenvalue weighted by molar-refractivity contribution is 5.92. The van der Waals surface area contributed by atoms with Gasteiger partial charge in [0.2, 0.25) is 5.91 Å². The van der Waals surface area contributed by atoms with E-state index in [1.54, 1.807) is 42.0 Å². The third-order valence-electron chi connectivity index (χ3n) is 9.42. The van der Waals surface area contributed by atoms with Gasteiger partial charge in [-0.1, -0.05) is 6.07 Å². The Balaban J connectivity index is 1.22. The Kier molecular flexibility index (Phi) is 7.47. The van der Waals surface area contributed by atoms with Crippen molar-refractivity contribution in [1.82, 2.24) is 33.8 Å². The molecule has 11 nitrogen and oxygen atoms in total. The molecule has 0 aliphatic carbocycles. The van der Waals surface area contributed by atoms with E-state index in [4.69, 9.17) is 9.72 Å². The minimum Gasteiger partial charge on any atom is -0.378 e. The Labute approximate surface area is 279 Å². The van der Waals surface area contributed by atoms with Gasteiger partial charge in [-0.3, -0.25) is 9.20 Å². The number of methoxy groups -OCH3 is 1. The molecule has 4 bridgehead atoms. The fourth-order valence-electron chi connectivity index (χ4n) is 7.12. The molecule has 4 aromatic heterocycles. The molecule has 1 fully saturated rings. The Hall–Kier alpha value is -5.50. The fourth-order valence-corrected chi connectivity index (χ4v) is 7.12. The lowest BCUT2D eigenvalue weighted by atomic mass is 10.1. The van der Waals surface area contributed by atoms with E-state index >= 15 is 0 Å². The van der Waals surface area contributed by atoms with Crippen molar-refractivity contribution in [3.8, 4) is 22.6 Å². The van der Waals surface area contributed by atoms with Crippen LogP contribution in [0.3, 0.4) is 0 Å². The van der Waals surface area contributed by atoms with Gasteiger partial charge in [0.25, 0.3) is 0 Å². The summed E-state index contributed by atoms with van der Waals surface area (Å²) in [6, 6.07) is 10.9. The molecule has 8 rings (SSSR count). The molecule has 2 aliphatic rings. The zero-order valence-corrected chi connectivity index (χ0v) is 26.9. The van der Waals surface area contributed by atoms with E-state index in [0.29, 0.717) is 59.3 Å². The molecular weight excluding hydrogens is 635 g/mol. The van der Waals surface area contributed by atoms with E-state index in [1.807, 2.05) is 34.6 Å². The third-order valence-corrected chi connectivity index (χ3v) is 9.42. The smallest absolute Gasteiger partial charge is 0.245 e. The first-order valence-electron chi connectivity index (χ1n) is 15.9. The average Bonchev–Trinajstić information content (AvgIpc) is 3.78. The first-order chi connectivity index (χ1) is 23.7. The maximum Gasteiger partial charge on any atom is 0.245 e. The number of nitrogens with zero attached hydrogens (tertiary/aromatic N) is 8. The summed E-state index contributed by atoms with van der Waals surface area (Å²) in [5, 5.41) is 3.50. The number of hydrogen-bond acceptors (Lipinski definition) is 8. The SMILES string of the molecule is COC1CN(C)C(=O)[C@@H]2C[C@@H](CN2c2nccn3c(-c4ccc(F)cc4F)ncc23)Nc2cccc(n2)-c2cc(F)cc3nc(C)n(c23)C1. The average molecular weight is 668 g/mol. The molecule has 0 saturated carbocycles. The lowest BCUT2D eigenvalue weighted by molar-refractivity contribution is -0.132. The fraction of sp³-hybridized carbons (Fsp3) is 0.286. The molecule has 14 heteroatoms. The number of aromatic nitrogens is 6. The van der Waals surface area contributed by atoms with Gasteiger partial charge in [-0.25, -0.2) is 33.1 Å². The molecule has 6 aromatic rings. The zero-order chi connectivity index (χ0) is 34.0. The lowest BCUT2D eigenvalue weighted by Crippen LogP contribution is -2.47. The van der Waals surface area contributed by atoms with Crippen LogP contribution in [0.5, 0.6) is 0 Å². The molecule has 1 amide bonds. The van der Waals surface area contributed by atoms with Crippen LogP contribution in [0.1, 0.15) is 12.2 Å². The number of aryl methyl sites for hydroxylation is 1. The summed E-state index contributed by atoms with van der Waals surface area (Å²) >= 11 is 0. The molecule has 2 aromatic carbocycles. The molecule has 0 spiro atoms. The van der Waals surface area contributed by atoms with Crippen molar-refractivity contribution in [2.45, 2.75) is 38.1 Å². The van der Waals surface area contributed by atoms with Gasteiger partial charge in [0, 0.05) is 63.4 Å². The van der Waals surface area contributed by atoms with Gasteiger partial charge < -0.3 is 24.4 Å². The largest absolute Gasteiger partial charge is 0.378 e. The number of rotatable bonds is 3. The van der Waals surface area contributed by atoms with E-state index in [-0.39, 0.29) is 29.9 Å². The van der Waals surface area contributed by atoms with E-state index < -0.39 is 29.6 Å². The summed E-state index contributed by atoms with van der Waals surface area (Å²) in [7, 11) is 3.35. The molecule has 6 heterocycles. The highest BCUT2D eigenvalue weighted by Gasteiger charge is 2.40. The van der Waals surface area contributed by atoms with Gasteiger partial charge in [-0.15, -0.1) is 0 Å². The first-order valence-corrected chi connectivity index (χ1v) is 15.9. The minimum atomic E-state index is -0.737. The second kappa shape index (κ2) is 11.9. The van der Waals surface area contributed by atoms with Crippen molar-refractivity contribution >= 4 is 34.1 Å². The minimum absolute atomic E-state index is 0.133. The van der Waals surface area contributed by atoms with E-state index in [9.17, 15) is 18.0 Å². The number of likely N-dealkylation sites (N-methyl/N-ethyl adjacent to an activating group) is 1. The van der Waals surface area contributed by atoms with E-state index in [1.165, 1.54) is 24.3 Å². The van der Waals surface area contributed by atoms with E-state index in [2.05, 4.69) is 20.3 Å². The van der Waals surface area contributed by atoms with Crippen LogP contribution >= 0.6 is 0 Å². The second-order valence-electron chi connectivity index (χ2n) is 12.5. The number of carbonyl (C=O) groups is 1. The third kappa shape index (κ3) is 5.32. The number of ether oxygens (including phenoxy) is 1. The Morgan fingerprint density at radius 2 is 1.82 bits per heavy atom. The molecule has 3 atom stereocenters. The molecular formula is C35H32F3N9O2. The maximum absolute atomic E-state index is 14.9. The highest BCUT2D eigenvalue weighted by atomic mass is 19.1. The standard InChI is InChI=1S/C35H32F3N9O2/c1-19-41-28-13-21(37)11-25-27-5-4-6-31(43-27)42-22-14-29(35(48)44(2)17-23(49-3)18-46(19)32(25)28)47(16-22)34-30-15-40-33(45(30)10-9-39-34)24-8-7-20(36)12-26(24)38/h4-13,15,22-23,29H,14,16-18H2,1-3H3,(H,42,43)/t22-,23?,29-/m0/s1. The van der Waals surface area contributed by atoms with Crippen molar-refractivity contribution in [3.05, 3.63) is 90.4 Å². The van der Waals surface area contributed by atoms with Crippen LogP contribution in [0, 0.1) is 24.4 Å². The number of amides is 1. The van der Waals surface area contributed by atoms with Crippen LogP contribution in [-0.2, 0) is 16.1 Å². The molecule has 1 saturated heterocycles. The Morgan fingerprint density at radius 3 is 2.63 bits per heavy atom. The monoisotopic (exact) mass is 667 g/mol. The van der Waals surface area contributed by atoms with Crippen LogP contribution in [0.15, 0.2) is 67.1 Å². The Morgan fingerprint density at radius 1 is 0.959 bits per heavy atom. The molecule has 2 aliphatic heterocycles. The van der Waals surface area contributed by atoms with Gasteiger partial charge in [0.1, 0.15) is 46.5 Å². The van der Waals surface area contributed by atoms with Crippen molar-refractivity contribution in [2.75, 3.05) is 37.5 Å². The number of hydrogen-bond donors (Lipinski definition) is 1. The quantitative estimate of drug-likeness (QED) is 0.279. The van der Waals surface area contributed by atoms with Gasteiger partial charge in [-0.2, -0.15) is 0 Å². The van der Waals surface area contributed by atoms with Gasteiger partial charge in [0.15, 0.2) is 5.82 Å². The molecule has 49 heavy (non-hydrogen) atoms. The summed E-state index contributed by atoms with van der Waals surface area (Å²) in [6.45, 7) is 2.89. The van der Waals surface area contributed by atoms with Crippen molar-refractivity contribution in [1.29, 1.82) is 0 Å². The lowest BCUT2D eigenvalue weighted by Gasteiger charge is -2.31. The zero-order valence-electron chi connectivity index (χ0n) is 26.9. The Bertz CT molecular complexity index is 2250. The number of fused-ring (bicyclic) bond motifs is 6. The van der Waals surface area contributed by atoms with Crippen LogP contribution in [0.2, 0.25) is 0 Å². The van der Waals surface area contributed by atoms with Crippen molar-refractivity contribution in [3.63, 3.8) is 0 Å². The molecule has 1 unspecified atom stereocenters. The van der Waals surface area contributed by atoms with Gasteiger partial charge in [-0.05, 0) is 43.7 Å². The predicted molar refractivity (Wildman–Crippen MR) is 178 cm³/mol. The van der Waals surface area contributed by atoms with Crippen molar-refractivity contribution < 1.29 is 22.7 Å². The predicted octanol–water partition coefficient (Wildman–Crippen LogP) is 5.08. The number of benzene rings is 2. The van der Waals surface area contributed by atoms with Crippen molar-refractivity contribution in [2.24, 2.45) is 0 Å². The van der Waals surface area contributed by atoms with Gasteiger partial charge >= 0.3 is 0 Å². The van der Waals surface area contributed by atoms with Crippen LogP contribution in [-0.4, -0.2) is 85.1 Å². The van der Waals surface area contributed by atoms with E-state index in [0.717, 1.165) is 11.6 Å². The maximum atomic E-state index is 14.9. The summed E-state index contributed by atoms with van der Waals surface area (Å²) in [5.74, 6) is 0.0531. The van der Waals surface area contributed by atoms with Crippen LogP contribution < -0.4 is 10.2 Å². The summed E-state index contributed by atoms with van der Waals surface area (Å²) < 4.78 is 53.0. The first kappa shape index (κ1) is 30.8. The molecule has 0 radical (unpaired) electrons. The summed E-state index contributed by atoms with van der Waals surface area (Å²) in [4.78, 5) is 36.6. The highest BCUT2D eigenvalue weighted by Crippen LogP contribution is 2.35. The number of imidazole rings is 2. The number of halogens is 3. The van der Waals surface area contributed by atoms with Crippen LogP contribution in [0.4, 0.5) is 24.8 Å². The van der Waals surface area contributed by atoms with Crippen LogP contribution in [0.25, 0.3) is 39.2 Å². The molecule has 1 N–H and O–H groups in total. The number of pyridine rings is 1. The van der Waals surface area contributed by atoms with Gasteiger partial charge in [0.05, 0.1) is 41.1 Å². The summed E-state index contributed by atoms with van der Waals surface area (Å²) in [6.07, 6.45) is 4.82. The second-order valence-corrected chi connectivity index (χ2v) is 12.5. The summed E-state index contributed by atoms with van der Waals surface area (Å²) in [5.41, 5.74) is 3.12. The number of anilines is 2. The topological polar surface area (TPSA) is 106 Å². The number of carbonyl (C=O) groups excluding carboxylic acids is 1. The number of nitrogens with one attached hydrogen (secondary N) is 1. The molecule has 250 valence electrons.